The van der Waals surface area contributed by atoms with E-state index >= 15 is 0 Å². The van der Waals surface area contributed by atoms with E-state index in [0.717, 1.165) is 10.9 Å². The molecule has 6 heteroatoms. The van der Waals surface area contributed by atoms with Gasteiger partial charge < -0.3 is 14.2 Å². The fourth-order valence-corrected chi connectivity index (χ4v) is 3.21. The molecule has 1 aliphatic heterocycles. The Balaban J connectivity index is 1.76. The summed E-state index contributed by atoms with van der Waals surface area (Å²) in [7, 11) is 0. The van der Waals surface area contributed by atoms with Gasteiger partial charge in [-0.05, 0) is 25.1 Å². The molecule has 0 radical (unpaired) electrons. The molecule has 0 saturated carbocycles. The molecule has 0 spiro atoms. The standard InChI is InChI=1S/C18H21ClN2O3/c1-11(2)17(22)20-6-8-21(9-7-20)18(23)16-12(3)14-10-13(19)4-5-15(14)24-16/h4-5,10-11H,6-9H2,1-3H3. The number of benzene rings is 1. The highest BCUT2D eigenvalue weighted by Gasteiger charge is 2.28. The van der Waals surface area contributed by atoms with Crippen LogP contribution in [0.5, 0.6) is 0 Å². The number of amides is 2. The Morgan fingerprint density at radius 1 is 1.12 bits per heavy atom. The van der Waals surface area contributed by atoms with E-state index in [2.05, 4.69) is 0 Å². The van der Waals surface area contributed by atoms with Crippen molar-refractivity contribution in [2.24, 2.45) is 5.92 Å². The average molecular weight is 349 g/mol. The molecule has 1 aromatic heterocycles. The maximum atomic E-state index is 12.8. The summed E-state index contributed by atoms with van der Waals surface area (Å²) in [5.41, 5.74) is 1.46. The van der Waals surface area contributed by atoms with E-state index in [4.69, 9.17) is 16.0 Å². The lowest BCUT2D eigenvalue weighted by Gasteiger charge is -2.35. The van der Waals surface area contributed by atoms with Crippen LogP contribution in [0.1, 0.15) is 30.0 Å². The van der Waals surface area contributed by atoms with Gasteiger partial charge in [-0.2, -0.15) is 0 Å². The first kappa shape index (κ1) is 16.8. The van der Waals surface area contributed by atoms with Gasteiger partial charge >= 0.3 is 0 Å². The summed E-state index contributed by atoms with van der Waals surface area (Å²) >= 11 is 6.02. The van der Waals surface area contributed by atoms with Crippen molar-refractivity contribution in [1.82, 2.24) is 9.80 Å². The lowest BCUT2D eigenvalue weighted by atomic mass is 10.1. The van der Waals surface area contributed by atoms with Crippen LogP contribution in [0.3, 0.4) is 0 Å². The molecule has 0 unspecified atom stereocenters. The number of hydrogen-bond donors (Lipinski definition) is 0. The Bertz CT molecular complexity index is 789. The van der Waals surface area contributed by atoms with Gasteiger partial charge in [0.05, 0.1) is 0 Å². The fourth-order valence-electron chi connectivity index (χ4n) is 3.04. The number of carbonyl (C=O) groups excluding carboxylic acids is 2. The molecule has 2 heterocycles. The van der Waals surface area contributed by atoms with Gasteiger partial charge in [0.25, 0.3) is 5.91 Å². The van der Waals surface area contributed by atoms with E-state index in [1.807, 2.05) is 31.7 Å². The van der Waals surface area contributed by atoms with Crippen LogP contribution in [0.2, 0.25) is 5.02 Å². The number of halogens is 1. The summed E-state index contributed by atoms with van der Waals surface area (Å²) in [6.07, 6.45) is 0. The van der Waals surface area contributed by atoms with E-state index in [9.17, 15) is 9.59 Å². The molecule has 0 bridgehead atoms. The van der Waals surface area contributed by atoms with Crippen molar-refractivity contribution in [2.45, 2.75) is 20.8 Å². The van der Waals surface area contributed by atoms with Crippen LogP contribution >= 0.6 is 11.6 Å². The first-order valence-electron chi connectivity index (χ1n) is 8.15. The summed E-state index contributed by atoms with van der Waals surface area (Å²) in [5.74, 6) is 0.346. The Labute approximate surface area is 146 Å². The highest BCUT2D eigenvalue weighted by molar-refractivity contribution is 6.31. The van der Waals surface area contributed by atoms with Crippen LogP contribution in [-0.4, -0.2) is 47.8 Å². The van der Waals surface area contributed by atoms with Crippen molar-refractivity contribution >= 4 is 34.4 Å². The maximum absolute atomic E-state index is 12.8. The number of hydrogen-bond acceptors (Lipinski definition) is 3. The third kappa shape index (κ3) is 3.00. The van der Waals surface area contributed by atoms with Gasteiger partial charge in [-0.3, -0.25) is 9.59 Å². The zero-order valence-corrected chi connectivity index (χ0v) is 14.9. The van der Waals surface area contributed by atoms with Gasteiger partial charge in [0.1, 0.15) is 5.58 Å². The van der Waals surface area contributed by atoms with Crippen LogP contribution in [0.4, 0.5) is 0 Å². The Morgan fingerprint density at radius 2 is 1.75 bits per heavy atom. The van der Waals surface area contributed by atoms with E-state index < -0.39 is 0 Å². The van der Waals surface area contributed by atoms with Crippen molar-refractivity contribution in [3.8, 4) is 0 Å². The fraction of sp³-hybridized carbons (Fsp3) is 0.444. The summed E-state index contributed by atoms with van der Waals surface area (Å²) in [5, 5.41) is 1.48. The lowest BCUT2D eigenvalue weighted by molar-refractivity contribution is -0.135. The molecule has 1 saturated heterocycles. The first-order chi connectivity index (χ1) is 11.4. The SMILES string of the molecule is Cc1c(C(=O)N2CCN(C(=O)C(C)C)CC2)oc2ccc(Cl)cc12. The van der Waals surface area contributed by atoms with Crippen molar-refractivity contribution in [3.63, 3.8) is 0 Å². The predicted octanol–water partition coefficient (Wildman–Crippen LogP) is 3.34. The number of furan rings is 1. The molecule has 3 rings (SSSR count). The minimum atomic E-state index is -0.128. The molecule has 5 nitrogen and oxygen atoms in total. The molecule has 1 fully saturated rings. The molecule has 2 amide bonds. The molecule has 0 atom stereocenters. The van der Waals surface area contributed by atoms with Crippen molar-refractivity contribution < 1.29 is 14.0 Å². The van der Waals surface area contributed by atoms with Crippen LogP contribution < -0.4 is 0 Å². The highest BCUT2D eigenvalue weighted by Crippen LogP contribution is 2.29. The Morgan fingerprint density at radius 3 is 2.38 bits per heavy atom. The molecular formula is C18H21ClN2O3. The zero-order valence-electron chi connectivity index (χ0n) is 14.1. The minimum absolute atomic E-state index is 0.0189. The number of carbonyl (C=O) groups is 2. The number of aryl methyl sites for hydroxylation is 1. The van der Waals surface area contributed by atoms with Crippen LogP contribution in [0, 0.1) is 12.8 Å². The molecular weight excluding hydrogens is 328 g/mol. The molecule has 2 aromatic rings. The number of rotatable bonds is 2. The summed E-state index contributed by atoms with van der Waals surface area (Å²) in [4.78, 5) is 28.4. The quantitative estimate of drug-likeness (QED) is 0.836. The van der Waals surface area contributed by atoms with Crippen LogP contribution in [-0.2, 0) is 4.79 Å². The molecule has 0 aliphatic carbocycles. The summed E-state index contributed by atoms with van der Waals surface area (Å²) < 4.78 is 5.75. The first-order valence-corrected chi connectivity index (χ1v) is 8.53. The largest absolute Gasteiger partial charge is 0.451 e. The van der Waals surface area contributed by atoms with Gasteiger partial charge in [0.15, 0.2) is 5.76 Å². The van der Waals surface area contributed by atoms with Crippen LogP contribution in [0.15, 0.2) is 22.6 Å². The minimum Gasteiger partial charge on any atom is -0.451 e. The van der Waals surface area contributed by atoms with Gasteiger partial charge in [-0.25, -0.2) is 0 Å². The third-order valence-corrected chi connectivity index (χ3v) is 4.70. The molecule has 0 N–H and O–H groups in total. The predicted molar refractivity (Wildman–Crippen MR) is 93.3 cm³/mol. The smallest absolute Gasteiger partial charge is 0.290 e. The van der Waals surface area contributed by atoms with Crippen molar-refractivity contribution in [3.05, 3.63) is 34.5 Å². The third-order valence-electron chi connectivity index (χ3n) is 4.46. The second-order valence-electron chi connectivity index (χ2n) is 6.47. The number of piperazine rings is 1. The lowest BCUT2D eigenvalue weighted by Crippen LogP contribution is -2.51. The topological polar surface area (TPSA) is 53.8 Å². The molecule has 1 aromatic carbocycles. The molecule has 24 heavy (non-hydrogen) atoms. The van der Waals surface area contributed by atoms with Crippen LogP contribution in [0.25, 0.3) is 11.0 Å². The second-order valence-corrected chi connectivity index (χ2v) is 6.91. The monoisotopic (exact) mass is 348 g/mol. The normalized spacial score (nSPS) is 15.4. The van der Waals surface area contributed by atoms with Gasteiger partial charge in [0.2, 0.25) is 5.91 Å². The van der Waals surface area contributed by atoms with E-state index in [1.165, 1.54) is 0 Å². The van der Waals surface area contributed by atoms with Crippen molar-refractivity contribution in [1.29, 1.82) is 0 Å². The second kappa shape index (κ2) is 6.48. The molecule has 128 valence electrons. The number of fused-ring (bicyclic) bond motifs is 1. The van der Waals surface area contributed by atoms with E-state index in [1.54, 1.807) is 17.0 Å². The van der Waals surface area contributed by atoms with Gasteiger partial charge in [-0.15, -0.1) is 0 Å². The number of nitrogens with zero attached hydrogens (tertiary/aromatic N) is 2. The molecule has 1 aliphatic rings. The van der Waals surface area contributed by atoms with Gasteiger partial charge in [0, 0.05) is 48.1 Å². The highest BCUT2D eigenvalue weighted by atomic mass is 35.5. The average Bonchev–Trinajstić information content (AvgIpc) is 2.90. The maximum Gasteiger partial charge on any atom is 0.290 e. The Kier molecular flexibility index (Phi) is 4.54. The zero-order chi connectivity index (χ0) is 17.4. The van der Waals surface area contributed by atoms with Crippen molar-refractivity contribution in [2.75, 3.05) is 26.2 Å². The summed E-state index contributed by atoms with van der Waals surface area (Å²) in [6.45, 7) is 7.82. The summed E-state index contributed by atoms with van der Waals surface area (Å²) in [6, 6.07) is 5.34. The van der Waals surface area contributed by atoms with Gasteiger partial charge in [-0.1, -0.05) is 25.4 Å². The van der Waals surface area contributed by atoms with E-state index in [0.29, 0.717) is 42.5 Å². The Hall–Kier alpha value is -2.01. The van der Waals surface area contributed by atoms with E-state index in [-0.39, 0.29) is 17.7 Å².